The Morgan fingerprint density at radius 1 is 0.786 bits per heavy atom. The second-order valence-electron chi connectivity index (χ2n) is 16.0. The van der Waals surface area contributed by atoms with Gasteiger partial charge in [0.05, 0.1) is 48.9 Å². The molecule has 56 heavy (non-hydrogen) atoms. The molecule has 0 spiro atoms. The van der Waals surface area contributed by atoms with Crippen LogP contribution in [0.1, 0.15) is 88.1 Å². The van der Waals surface area contributed by atoms with E-state index >= 15 is 0 Å². The molecule has 5 aromatic rings. The number of carbonyl (C=O) groups is 3. The van der Waals surface area contributed by atoms with Gasteiger partial charge in [-0.25, -0.2) is 14.8 Å². The van der Waals surface area contributed by atoms with E-state index in [0.717, 1.165) is 83.0 Å². The molecule has 3 aromatic heterocycles. The van der Waals surface area contributed by atoms with Gasteiger partial charge in [-0.2, -0.15) is 0 Å². The lowest BCUT2D eigenvalue weighted by Gasteiger charge is -2.30. The number of pyridine rings is 1. The molecule has 0 unspecified atom stereocenters. The third-order valence-corrected chi connectivity index (χ3v) is 12.2. The van der Waals surface area contributed by atoms with Crippen molar-refractivity contribution in [2.75, 3.05) is 13.7 Å². The van der Waals surface area contributed by atoms with Gasteiger partial charge < -0.3 is 30.2 Å². The molecule has 1 aliphatic heterocycles. The molecule has 3 aliphatic rings. The molecular formula is C44H50N8O4. The van der Waals surface area contributed by atoms with Crippen LogP contribution in [-0.4, -0.2) is 67.4 Å². The Balaban J connectivity index is 0.922. The molecule has 1 saturated heterocycles. The van der Waals surface area contributed by atoms with E-state index in [1.165, 1.54) is 7.11 Å². The average molecular weight is 755 g/mol. The average Bonchev–Trinajstić information content (AvgIpc) is 4.08. The quantitative estimate of drug-likeness (QED) is 0.108. The van der Waals surface area contributed by atoms with Crippen LogP contribution >= 0.6 is 0 Å². The third kappa shape index (κ3) is 7.32. The van der Waals surface area contributed by atoms with Crippen molar-refractivity contribution in [2.45, 2.75) is 76.9 Å². The van der Waals surface area contributed by atoms with Gasteiger partial charge in [-0.3, -0.25) is 14.6 Å². The molecule has 4 N–H and O–H groups in total. The first-order valence-electron chi connectivity index (χ1n) is 19.8. The SMILES string of the molecule is COC(=O)N[C@H](C(=O)N1CCC[C@H]1c1ncc(-c2ccc(-c3ccc(-c4cnc([C@@H]5[C@H]6CC[C@H](C6)[C@H]5C(=O)N[C@@H](C)c5cccnc5)[nH]4)cc3)cc2)[nH]1)C(C)C. The second-order valence-corrected chi connectivity index (χ2v) is 16.0. The van der Waals surface area contributed by atoms with Gasteiger partial charge in [-0.15, -0.1) is 0 Å². The minimum Gasteiger partial charge on any atom is -0.453 e. The molecule has 8 rings (SSSR count). The molecule has 2 saturated carbocycles. The molecule has 0 radical (unpaired) electrons. The normalized spacial score (nSPS) is 22.6. The third-order valence-electron chi connectivity index (χ3n) is 12.2. The van der Waals surface area contributed by atoms with E-state index in [4.69, 9.17) is 9.72 Å². The molecule has 2 aromatic carbocycles. The number of fused-ring (bicyclic) bond motifs is 2. The summed E-state index contributed by atoms with van der Waals surface area (Å²) >= 11 is 0. The number of rotatable bonds is 11. The van der Waals surface area contributed by atoms with Crippen LogP contribution in [0, 0.1) is 23.7 Å². The number of aromatic amines is 2. The highest BCUT2D eigenvalue weighted by Crippen LogP contribution is 2.56. The molecule has 7 atom stereocenters. The number of hydrogen-bond acceptors (Lipinski definition) is 7. The van der Waals surface area contributed by atoms with E-state index < -0.39 is 12.1 Å². The zero-order valence-corrected chi connectivity index (χ0v) is 32.4. The van der Waals surface area contributed by atoms with Gasteiger partial charge in [0, 0.05) is 24.9 Å². The molecule has 12 heteroatoms. The van der Waals surface area contributed by atoms with Crippen molar-refractivity contribution in [3.05, 3.63) is 103 Å². The summed E-state index contributed by atoms with van der Waals surface area (Å²) in [6, 6.07) is 19.8. The first-order valence-corrected chi connectivity index (χ1v) is 19.8. The van der Waals surface area contributed by atoms with E-state index in [1.54, 1.807) is 6.20 Å². The Bertz CT molecular complexity index is 2160. The van der Waals surface area contributed by atoms with Crippen LogP contribution in [0.25, 0.3) is 33.6 Å². The van der Waals surface area contributed by atoms with E-state index in [9.17, 15) is 14.4 Å². The fraction of sp³-hybridized carbons (Fsp3) is 0.409. The zero-order valence-electron chi connectivity index (χ0n) is 32.4. The first-order chi connectivity index (χ1) is 27.2. The lowest BCUT2D eigenvalue weighted by atomic mass is 9.78. The maximum atomic E-state index is 13.7. The Kier molecular flexibility index (Phi) is 10.5. The number of benzene rings is 2. The molecule has 2 bridgehead atoms. The standard InChI is InChI=1S/C44H50N8O4/c1-25(2)39(51-44(55)56-4)43(54)52-20-6-8-36(52)40-46-23-34(49-40)29-13-9-27(10-14-29)28-11-15-30(16-12-28)35-24-47-41(50-35)37-31-17-18-32(21-31)38(37)42(53)48-26(3)33-7-5-19-45-22-33/h5,7,9-16,19,22-26,31-32,36-39H,6,8,17-18,20-21H2,1-4H3,(H,46,49)(H,47,50)(H,48,53)(H,51,55)/t26-,31-,32+,36-,37+,38+,39-/m0/s1. The van der Waals surface area contributed by atoms with Gasteiger partial charge in [0.1, 0.15) is 17.7 Å². The maximum absolute atomic E-state index is 13.7. The number of nitrogens with one attached hydrogen (secondary N) is 4. The number of alkyl carbamates (subject to hydrolysis) is 1. The summed E-state index contributed by atoms with van der Waals surface area (Å²) in [4.78, 5) is 61.9. The van der Waals surface area contributed by atoms with Crippen molar-refractivity contribution in [2.24, 2.45) is 23.7 Å². The fourth-order valence-corrected chi connectivity index (χ4v) is 9.27. The summed E-state index contributed by atoms with van der Waals surface area (Å²) < 4.78 is 4.76. The van der Waals surface area contributed by atoms with E-state index in [0.29, 0.717) is 18.4 Å². The van der Waals surface area contributed by atoms with Crippen LogP contribution in [0.5, 0.6) is 0 Å². The summed E-state index contributed by atoms with van der Waals surface area (Å²) in [5.41, 5.74) is 7.06. The number of carbonyl (C=O) groups excluding carboxylic acids is 3. The van der Waals surface area contributed by atoms with Crippen molar-refractivity contribution < 1.29 is 19.1 Å². The van der Waals surface area contributed by atoms with Gasteiger partial charge in [-0.1, -0.05) is 68.4 Å². The lowest BCUT2D eigenvalue weighted by Crippen LogP contribution is -2.51. The molecule has 3 amide bonds. The smallest absolute Gasteiger partial charge is 0.407 e. The number of nitrogens with zero attached hydrogens (tertiary/aromatic N) is 4. The van der Waals surface area contributed by atoms with Gasteiger partial charge >= 0.3 is 6.09 Å². The van der Waals surface area contributed by atoms with Crippen LogP contribution in [0.2, 0.25) is 0 Å². The van der Waals surface area contributed by atoms with Crippen LogP contribution in [0.15, 0.2) is 85.5 Å². The first kappa shape index (κ1) is 37.2. The summed E-state index contributed by atoms with van der Waals surface area (Å²) in [6.07, 6.45) is 11.6. The minimum absolute atomic E-state index is 0.0829. The number of ether oxygens (including phenoxy) is 1. The van der Waals surface area contributed by atoms with Gasteiger partial charge in [-0.05, 0) is 90.7 Å². The number of methoxy groups -OCH3 is 1. The topological polar surface area (TPSA) is 158 Å². The highest BCUT2D eigenvalue weighted by atomic mass is 16.5. The summed E-state index contributed by atoms with van der Waals surface area (Å²) in [5.74, 6) is 2.37. The van der Waals surface area contributed by atoms with Gasteiger partial charge in [0.15, 0.2) is 0 Å². The number of amides is 3. The number of H-pyrrole nitrogens is 2. The van der Waals surface area contributed by atoms with Crippen molar-refractivity contribution in [1.82, 2.24) is 40.5 Å². The Morgan fingerprint density at radius 3 is 2.04 bits per heavy atom. The largest absolute Gasteiger partial charge is 0.453 e. The lowest BCUT2D eigenvalue weighted by molar-refractivity contribution is -0.135. The molecule has 12 nitrogen and oxygen atoms in total. The maximum Gasteiger partial charge on any atom is 0.407 e. The van der Waals surface area contributed by atoms with Crippen LogP contribution in [0.3, 0.4) is 0 Å². The number of imidazole rings is 2. The Morgan fingerprint density at radius 2 is 1.41 bits per heavy atom. The monoisotopic (exact) mass is 754 g/mol. The number of likely N-dealkylation sites (tertiary alicyclic amines) is 1. The highest BCUT2D eigenvalue weighted by Gasteiger charge is 2.52. The summed E-state index contributed by atoms with van der Waals surface area (Å²) in [6.45, 7) is 6.44. The molecule has 4 heterocycles. The highest BCUT2D eigenvalue weighted by molar-refractivity contribution is 5.86. The van der Waals surface area contributed by atoms with E-state index in [-0.39, 0.29) is 41.7 Å². The second kappa shape index (κ2) is 15.8. The zero-order chi connectivity index (χ0) is 38.9. The molecule has 290 valence electrons. The molecular weight excluding hydrogens is 705 g/mol. The Hall–Kier alpha value is -5.78. The fourth-order valence-electron chi connectivity index (χ4n) is 9.27. The van der Waals surface area contributed by atoms with Crippen LogP contribution in [0.4, 0.5) is 4.79 Å². The van der Waals surface area contributed by atoms with Crippen molar-refractivity contribution in [3.63, 3.8) is 0 Å². The summed E-state index contributed by atoms with van der Waals surface area (Å²) in [5, 5.41) is 5.98. The predicted molar refractivity (Wildman–Crippen MR) is 213 cm³/mol. The van der Waals surface area contributed by atoms with Crippen molar-refractivity contribution in [1.29, 1.82) is 0 Å². The van der Waals surface area contributed by atoms with Gasteiger partial charge in [0.2, 0.25) is 11.8 Å². The van der Waals surface area contributed by atoms with Crippen LogP contribution in [-0.2, 0) is 14.3 Å². The minimum atomic E-state index is -0.677. The summed E-state index contributed by atoms with van der Waals surface area (Å²) in [7, 11) is 1.30. The van der Waals surface area contributed by atoms with E-state index in [2.05, 4.69) is 79.1 Å². The van der Waals surface area contributed by atoms with Crippen LogP contribution < -0.4 is 10.6 Å². The van der Waals surface area contributed by atoms with Gasteiger partial charge in [0.25, 0.3) is 0 Å². The Labute approximate surface area is 327 Å². The van der Waals surface area contributed by atoms with Crippen molar-refractivity contribution in [3.8, 4) is 33.6 Å². The molecule has 2 aliphatic carbocycles. The van der Waals surface area contributed by atoms with Crippen molar-refractivity contribution >= 4 is 17.9 Å². The number of aromatic nitrogens is 5. The van der Waals surface area contributed by atoms with E-state index in [1.807, 2.05) is 56.4 Å². The molecule has 3 fully saturated rings. The number of hydrogen-bond donors (Lipinski definition) is 4. The predicted octanol–water partition coefficient (Wildman–Crippen LogP) is 7.58.